The van der Waals surface area contributed by atoms with E-state index in [1.807, 2.05) is 0 Å². The number of anilines is 1. The quantitative estimate of drug-likeness (QED) is 0.817. The molecule has 1 aromatic heterocycles. The van der Waals surface area contributed by atoms with Crippen LogP contribution >= 0.6 is 11.3 Å². The third-order valence-corrected chi connectivity index (χ3v) is 7.25. The summed E-state index contributed by atoms with van der Waals surface area (Å²) in [4.78, 5) is 15.0. The van der Waals surface area contributed by atoms with Crippen molar-refractivity contribution in [3.05, 3.63) is 46.7 Å². The molecule has 1 fully saturated rings. The van der Waals surface area contributed by atoms with Crippen LogP contribution in [0.4, 0.5) is 5.69 Å². The zero-order valence-electron chi connectivity index (χ0n) is 14.7. The monoisotopic (exact) mass is 393 g/mol. The van der Waals surface area contributed by atoms with Crippen molar-refractivity contribution >= 4 is 33.0 Å². The molecule has 140 valence electrons. The fraction of sp³-hybridized carbons (Fsp3) is 0.389. The van der Waals surface area contributed by atoms with Gasteiger partial charge in [0.25, 0.3) is 0 Å². The first-order valence-corrected chi connectivity index (χ1v) is 10.9. The number of carbonyl (C=O) groups excluding carboxylic acids is 1. The lowest BCUT2D eigenvalue weighted by atomic mass is 10.3. The molecule has 1 saturated heterocycles. The summed E-state index contributed by atoms with van der Waals surface area (Å²) in [7, 11) is -3.49. The summed E-state index contributed by atoms with van der Waals surface area (Å²) in [5.41, 5.74) is 0.592. The molecule has 6 nitrogen and oxygen atoms in total. The molecule has 0 atom stereocenters. The van der Waals surface area contributed by atoms with E-state index in [4.69, 9.17) is 0 Å². The third kappa shape index (κ3) is 4.70. The topological polar surface area (TPSA) is 69.7 Å². The normalized spacial score (nSPS) is 16.5. The van der Waals surface area contributed by atoms with Gasteiger partial charge in [-0.05, 0) is 42.1 Å². The van der Waals surface area contributed by atoms with Gasteiger partial charge in [0, 0.05) is 50.2 Å². The van der Waals surface area contributed by atoms with Crippen molar-refractivity contribution in [2.45, 2.75) is 18.2 Å². The number of carbonyl (C=O) groups is 1. The first kappa shape index (κ1) is 19.0. The lowest BCUT2D eigenvalue weighted by molar-refractivity contribution is -0.114. The number of hydrogen-bond acceptors (Lipinski definition) is 5. The van der Waals surface area contributed by atoms with Crippen LogP contribution in [0, 0.1) is 0 Å². The molecule has 0 spiro atoms. The summed E-state index contributed by atoms with van der Waals surface area (Å²) in [6.07, 6.45) is 1.01. The number of hydrogen-bond donors (Lipinski definition) is 1. The summed E-state index contributed by atoms with van der Waals surface area (Å²) in [5, 5.41) is 4.72. The standard InChI is InChI=1S/C18H23N3O3S2/c1-15(22)19-16-4-6-18(7-5-16)26(23,24)21-12-10-20(11-13-21)9-8-17-3-2-14-25-17/h2-7,14H,8-13H2,1H3,(H,19,22). The Kier molecular flexibility index (Phi) is 6.08. The predicted octanol–water partition coefficient (Wildman–Crippen LogP) is 2.26. The van der Waals surface area contributed by atoms with E-state index in [1.165, 1.54) is 11.8 Å². The van der Waals surface area contributed by atoms with E-state index >= 15 is 0 Å². The van der Waals surface area contributed by atoms with Gasteiger partial charge in [-0.15, -0.1) is 11.3 Å². The molecule has 0 saturated carbocycles. The Morgan fingerprint density at radius 3 is 2.38 bits per heavy atom. The van der Waals surface area contributed by atoms with E-state index in [9.17, 15) is 13.2 Å². The fourth-order valence-corrected chi connectivity index (χ4v) is 5.10. The Labute approximate surface area is 158 Å². The van der Waals surface area contributed by atoms with Crippen molar-refractivity contribution in [3.63, 3.8) is 0 Å². The number of amides is 1. The first-order chi connectivity index (χ1) is 12.4. The Morgan fingerprint density at radius 2 is 1.81 bits per heavy atom. The van der Waals surface area contributed by atoms with Gasteiger partial charge in [0.05, 0.1) is 4.90 Å². The maximum absolute atomic E-state index is 12.8. The Hall–Kier alpha value is -1.74. The fourth-order valence-electron chi connectivity index (χ4n) is 2.98. The molecule has 0 radical (unpaired) electrons. The molecule has 1 aliphatic heterocycles. The third-order valence-electron chi connectivity index (χ3n) is 4.40. The summed E-state index contributed by atoms with van der Waals surface area (Å²) >= 11 is 1.76. The molecule has 1 aromatic carbocycles. The summed E-state index contributed by atoms with van der Waals surface area (Å²) in [6.45, 7) is 4.87. The number of piperazine rings is 1. The highest BCUT2D eigenvalue weighted by Crippen LogP contribution is 2.20. The Balaban J connectivity index is 1.56. The average molecular weight is 394 g/mol. The van der Waals surface area contributed by atoms with Crippen molar-refractivity contribution in [3.8, 4) is 0 Å². The SMILES string of the molecule is CC(=O)Nc1ccc(S(=O)(=O)N2CCN(CCc3cccs3)CC2)cc1. The molecule has 0 bridgehead atoms. The van der Waals surface area contributed by atoms with Crippen molar-refractivity contribution in [2.24, 2.45) is 0 Å². The first-order valence-electron chi connectivity index (χ1n) is 8.58. The number of nitrogens with one attached hydrogen (secondary N) is 1. The van der Waals surface area contributed by atoms with Crippen LogP contribution in [-0.4, -0.2) is 56.3 Å². The Morgan fingerprint density at radius 1 is 1.12 bits per heavy atom. The van der Waals surface area contributed by atoms with E-state index in [-0.39, 0.29) is 10.8 Å². The van der Waals surface area contributed by atoms with Crippen LogP contribution in [0.15, 0.2) is 46.7 Å². The minimum Gasteiger partial charge on any atom is -0.326 e. The van der Waals surface area contributed by atoms with Crippen molar-refractivity contribution in [1.82, 2.24) is 9.21 Å². The van der Waals surface area contributed by atoms with Gasteiger partial charge in [-0.1, -0.05) is 6.07 Å². The zero-order chi connectivity index (χ0) is 18.6. The summed E-state index contributed by atoms with van der Waals surface area (Å²) < 4.78 is 27.1. The second kappa shape index (κ2) is 8.30. The second-order valence-electron chi connectivity index (χ2n) is 6.28. The summed E-state index contributed by atoms with van der Waals surface area (Å²) in [5.74, 6) is -0.181. The minimum absolute atomic E-state index is 0.181. The molecule has 2 aromatic rings. The lowest BCUT2D eigenvalue weighted by Crippen LogP contribution is -2.48. The number of nitrogens with zero attached hydrogens (tertiary/aromatic N) is 2. The molecule has 3 rings (SSSR count). The zero-order valence-corrected chi connectivity index (χ0v) is 16.4. The molecule has 0 aliphatic carbocycles. The van der Waals surface area contributed by atoms with Gasteiger partial charge < -0.3 is 10.2 Å². The smallest absolute Gasteiger partial charge is 0.243 e. The highest BCUT2D eigenvalue weighted by atomic mass is 32.2. The molecule has 2 heterocycles. The molecule has 1 N–H and O–H groups in total. The van der Waals surface area contributed by atoms with Gasteiger partial charge in [0.15, 0.2) is 0 Å². The summed E-state index contributed by atoms with van der Waals surface area (Å²) in [6, 6.07) is 10.5. The highest BCUT2D eigenvalue weighted by molar-refractivity contribution is 7.89. The van der Waals surface area contributed by atoms with Gasteiger partial charge >= 0.3 is 0 Å². The number of benzene rings is 1. The van der Waals surface area contributed by atoms with E-state index in [2.05, 4.69) is 27.7 Å². The molecule has 8 heteroatoms. The molecule has 1 amide bonds. The number of sulfonamides is 1. The molecule has 0 unspecified atom stereocenters. The van der Waals surface area contributed by atoms with Gasteiger partial charge in [-0.25, -0.2) is 8.42 Å². The average Bonchev–Trinajstić information content (AvgIpc) is 3.14. The van der Waals surface area contributed by atoms with Crippen molar-refractivity contribution < 1.29 is 13.2 Å². The Bertz CT molecular complexity index is 825. The predicted molar refractivity (Wildman–Crippen MR) is 104 cm³/mol. The number of thiophene rings is 1. The van der Waals surface area contributed by atoms with Crippen LogP contribution in [0.5, 0.6) is 0 Å². The lowest BCUT2D eigenvalue weighted by Gasteiger charge is -2.33. The van der Waals surface area contributed by atoms with Crippen LogP contribution in [-0.2, 0) is 21.2 Å². The van der Waals surface area contributed by atoms with E-state index < -0.39 is 10.0 Å². The molecular weight excluding hydrogens is 370 g/mol. The van der Waals surface area contributed by atoms with Gasteiger partial charge in [0.2, 0.25) is 15.9 Å². The van der Waals surface area contributed by atoms with E-state index in [1.54, 1.807) is 39.9 Å². The van der Waals surface area contributed by atoms with Crippen LogP contribution in [0.2, 0.25) is 0 Å². The molecule has 1 aliphatic rings. The maximum atomic E-state index is 12.8. The highest BCUT2D eigenvalue weighted by Gasteiger charge is 2.28. The molecule has 26 heavy (non-hydrogen) atoms. The van der Waals surface area contributed by atoms with Crippen molar-refractivity contribution in [1.29, 1.82) is 0 Å². The van der Waals surface area contributed by atoms with Crippen LogP contribution in [0.25, 0.3) is 0 Å². The maximum Gasteiger partial charge on any atom is 0.243 e. The van der Waals surface area contributed by atoms with E-state index in [0.29, 0.717) is 18.8 Å². The van der Waals surface area contributed by atoms with Crippen LogP contribution in [0.1, 0.15) is 11.8 Å². The van der Waals surface area contributed by atoms with Gasteiger partial charge in [0.1, 0.15) is 0 Å². The second-order valence-corrected chi connectivity index (χ2v) is 9.25. The van der Waals surface area contributed by atoms with Crippen LogP contribution < -0.4 is 5.32 Å². The number of rotatable bonds is 6. The van der Waals surface area contributed by atoms with Gasteiger partial charge in [-0.3, -0.25) is 4.79 Å². The van der Waals surface area contributed by atoms with Crippen LogP contribution in [0.3, 0.4) is 0 Å². The molecular formula is C18H23N3O3S2. The van der Waals surface area contributed by atoms with Gasteiger partial charge in [-0.2, -0.15) is 4.31 Å². The largest absolute Gasteiger partial charge is 0.326 e. The van der Waals surface area contributed by atoms with E-state index in [0.717, 1.165) is 26.1 Å². The van der Waals surface area contributed by atoms with Crippen molar-refractivity contribution in [2.75, 3.05) is 38.0 Å². The minimum atomic E-state index is -3.49.